The van der Waals surface area contributed by atoms with Crippen molar-refractivity contribution in [3.05, 3.63) is 65.4 Å². The molecule has 1 aromatic carbocycles. The van der Waals surface area contributed by atoms with Crippen molar-refractivity contribution in [2.24, 2.45) is 0 Å². The minimum absolute atomic E-state index is 0.208. The summed E-state index contributed by atoms with van der Waals surface area (Å²) in [5, 5.41) is 9.34. The molecule has 0 saturated carbocycles. The molecule has 25 heavy (non-hydrogen) atoms. The van der Waals surface area contributed by atoms with Gasteiger partial charge in [-0.15, -0.1) is 0 Å². The molecule has 1 amide bonds. The summed E-state index contributed by atoms with van der Waals surface area (Å²) in [7, 11) is 0. The number of nitrogens with one attached hydrogen (secondary N) is 2. The average Bonchev–Trinajstić information content (AvgIpc) is 3.02. The quantitative estimate of drug-likeness (QED) is 0.716. The summed E-state index contributed by atoms with van der Waals surface area (Å²) in [4.78, 5) is 20.4. The van der Waals surface area contributed by atoms with E-state index in [4.69, 9.17) is 4.52 Å². The zero-order chi connectivity index (χ0) is 17.6. The summed E-state index contributed by atoms with van der Waals surface area (Å²) in [5.74, 6) is 0.595. The van der Waals surface area contributed by atoms with E-state index in [0.29, 0.717) is 30.5 Å². The summed E-state index contributed by atoms with van der Waals surface area (Å²) < 4.78 is 17.8. The molecule has 0 atom stereocenters. The Morgan fingerprint density at radius 2 is 2.04 bits per heavy atom. The summed E-state index contributed by atoms with van der Waals surface area (Å²) >= 11 is 0. The molecule has 0 saturated heterocycles. The van der Waals surface area contributed by atoms with Gasteiger partial charge in [0.1, 0.15) is 17.3 Å². The maximum absolute atomic E-state index is 12.9. The maximum atomic E-state index is 12.9. The van der Waals surface area contributed by atoms with E-state index < -0.39 is 5.91 Å². The molecule has 0 spiro atoms. The fourth-order valence-electron chi connectivity index (χ4n) is 2.15. The molecule has 0 bridgehead atoms. The zero-order valence-electron chi connectivity index (χ0n) is 13.5. The Balaban J connectivity index is 1.57. The highest BCUT2D eigenvalue weighted by Gasteiger charge is 2.11. The van der Waals surface area contributed by atoms with Crippen LogP contribution in [0.25, 0.3) is 0 Å². The van der Waals surface area contributed by atoms with Gasteiger partial charge in [0.2, 0.25) is 5.95 Å². The van der Waals surface area contributed by atoms with Crippen LogP contribution in [0.5, 0.6) is 0 Å². The topological polar surface area (TPSA) is 92.9 Å². The Kier molecular flexibility index (Phi) is 4.98. The molecule has 7 nitrogen and oxygen atoms in total. The first kappa shape index (κ1) is 16.6. The van der Waals surface area contributed by atoms with Gasteiger partial charge in [-0.1, -0.05) is 17.3 Å². The molecule has 2 aromatic heterocycles. The van der Waals surface area contributed by atoms with Gasteiger partial charge in [0.25, 0.3) is 5.91 Å². The summed E-state index contributed by atoms with van der Waals surface area (Å²) in [6.45, 7) is 2.29. The lowest BCUT2D eigenvalue weighted by molar-refractivity contribution is 0.102. The number of carbonyl (C=O) groups excluding carboxylic acids is 1. The van der Waals surface area contributed by atoms with Crippen molar-refractivity contribution in [3.63, 3.8) is 0 Å². The zero-order valence-corrected chi connectivity index (χ0v) is 13.5. The van der Waals surface area contributed by atoms with Crippen LogP contribution in [0.4, 0.5) is 16.2 Å². The van der Waals surface area contributed by atoms with Crippen molar-refractivity contribution < 1.29 is 13.7 Å². The Bertz CT molecular complexity index is 863. The van der Waals surface area contributed by atoms with Gasteiger partial charge in [-0.25, -0.2) is 14.4 Å². The monoisotopic (exact) mass is 341 g/mol. The third-order valence-corrected chi connectivity index (χ3v) is 3.37. The number of amides is 1. The summed E-state index contributed by atoms with van der Waals surface area (Å²) in [5.41, 5.74) is 1.20. The highest BCUT2D eigenvalue weighted by atomic mass is 19.1. The van der Waals surface area contributed by atoms with Gasteiger partial charge in [0.15, 0.2) is 5.82 Å². The van der Waals surface area contributed by atoms with Crippen molar-refractivity contribution in [3.8, 4) is 0 Å². The molecule has 128 valence electrons. The summed E-state index contributed by atoms with van der Waals surface area (Å²) in [6.07, 6.45) is 2.18. The molecular weight excluding hydrogens is 325 g/mol. The molecular formula is C17H16FN5O2. The van der Waals surface area contributed by atoms with E-state index in [0.717, 1.165) is 5.56 Å². The molecule has 8 heteroatoms. The van der Waals surface area contributed by atoms with Crippen LogP contribution in [0, 0.1) is 12.7 Å². The number of benzene rings is 1. The smallest absolute Gasteiger partial charge is 0.275 e. The second kappa shape index (κ2) is 7.52. The number of anilines is 2. The third-order valence-electron chi connectivity index (χ3n) is 3.37. The van der Waals surface area contributed by atoms with Crippen molar-refractivity contribution >= 4 is 17.7 Å². The number of halogens is 1. The highest BCUT2D eigenvalue weighted by molar-refractivity contribution is 6.02. The van der Waals surface area contributed by atoms with Crippen LogP contribution < -0.4 is 10.6 Å². The van der Waals surface area contributed by atoms with Crippen molar-refractivity contribution in [1.82, 2.24) is 15.1 Å². The fourth-order valence-corrected chi connectivity index (χ4v) is 2.15. The van der Waals surface area contributed by atoms with Crippen LogP contribution in [0.2, 0.25) is 0 Å². The molecule has 0 aliphatic rings. The Morgan fingerprint density at radius 3 is 2.76 bits per heavy atom. The Morgan fingerprint density at radius 1 is 1.24 bits per heavy atom. The van der Waals surface area contributed by atoms with Gasteiger partial charge in [-0.2, -0.15) is 0 Å². The predicted octanol–water partition coefficient (Wildman–Crippen LogP) is 2.82. The normalized spacial score (nSPS) is 10.5. The van der Waals surface area contributed by atoms with Gasteiger partial charge in [0, 0.05) is 18.8 Å². The average molecular weight is 341 g/mol. The van der Waals surface area contributed by atoms with Gasteiger partial charge >= 0.3 is 0 Å². The third kappa shape index (κ3) is 4.60. The summed E-state index contributed by atoms with van der Waals surface area (Å²) in [6, 6.07) is 9.41. The van der Waals surface area contributed by atoms with E-state index in [1.807, 2.05) is 0 Å². The number of aromatic nitrogens is 3. The van der Waals surface area contributed by atoms with Gasteiger partial charge in [-0.3, -0.25) is 4.79 Å². The lowest BCUT2D eigenvalue weighted by Crippen LogP contribution is -2.16. The van der Waals surface area contributed by atoms with E-state index in [1.54, 1.807) is 25.1 Å². The lowest BCUT2D eigenvalue weighted by Gasteiger charge is -2.06. The van der Waals surface area contributed by atoms with Gasteiger partial charge in [-0.05, 0) is 37.1 Å². The first-order chi connectivity index (χ1) is 12.1. The number of rotatable bonds is 6. The molecule has 0 fully saturated rings. The van der Waals surface area contributed by atoms with Gasteiger partial charge in [0.05, 0.1) is 0 Å². The van der Waals surface area contributed by atoms with Crippen LogP contribution in [-0.4, -0.2) is 27.6 Å². The van der Waals surface area contributed by atoms with Crippen LogP contribution in [0.3, 0.4) is 0 Å². The first-order valence-corrected chi connectivity index (χ1v) is 7.66. The lowest BCUT2D eigenvalue weighted by atomic mass is 10.1. The maximum Gasteiger partial charge on any atom is 0.275 e. The largest absolute Gasteiger partial charge is 0.360 e. The van der Waals surface area contributed by atoms with E-state index in [2.05, 4.69) is 25.8 Å². The number of hydrogen-bond donors (Lipinski definition) is 2. The van der Waals surface area contributed by atoms with Crippen molar-refractivity contribution in [2.75, 3.05) is 17.2 Å². The molecule has 2 N–H and O–H groups in total. The number of aryl methyl sites for hydroxylation is 1. The van der Waals surface area contributed by atoms with Crippen LogP contribution in [-0.2, 0) is 6.42 Å². The van der Waals surface area contributed by atoms with Crippen LogP contribution in [0.15, 0.2) is 47.1 Å². The second-order valence-corrected chi connectivity index (χ2v) is 5.35. The highest BCUT2D eigenvalue weighted by Crippen LogP contribution is 2.10. The predicted molar refractivity (Wildman–Crippen MR) is 89.8 cm³/mol. The second-order valence-electron chi connectivity index (χ2n) is 5.35. The minimum atomic E-state index is -0.405. The standard InChI is InChI=1S/C17H16FN5O2/c1-11-10-15(23-25-11)22-16(24)14-7-9-20-17(21-14)19-8-6-12-2-4-13(18)5-3-12/h2-5,7,9-10H,6,8H2,1H3,(H,19,20,21)(H,22,23,24). The van der Waals surface area contributed by atoms with Crippen molar-refractivity contribution in [2.45, 2.75) is 13.3 Å². The minimum Gasteiger partial charge on any atom is -0.360 e. The SMILES string of the molecule is Cc1cc(NC(=O)c2ccnc(NCCc3ccc(F)cc3)n2)no1. The number of nitrogens with zero attached hydrogens (tertiary/aromatic N) is 3. The molecule has 0 unspecified atom stereocenters. The number of carbonyl (C=O) groups is 1. The first-order valence-electron chi connectivity index (χ1n) is 7.66. The van der Waals surface area contributed by atoms with Crippen molar-refractivity contribution in [1.29, 1.82) is 0 Å². The van der Waals surface area contributed by atoms with E-state index in [9.17, 15) is 9.18 Å². The molecule has 0 aliphatic carbocycles. The van der Waals surface area contributed by atoms with Crippen LogP contribution in [0.1, 0.15) is 21.8 Å². The van der Waals surface area contributed by atoms with Gasteiger partial charge < -0.3 is 15.2 Å². The molecule has 0 aliphatic heterocycles. The molecule has 2 heterocycles. The van der Waals surface area contributed by atoms with E-state index in [-0.39, 0.29) is 11.5 Å². The molecule has 0 radical (unpaired) electrons. The molecule has 3 aromatic rings. The number of hydrogen-bond acceptors (Lipinski definition) is 6. The Labute approximate surface area is 143 Å². The molecule has 3 rings (SSSR count). The fraction of sp³-hybridized carbons (Fsp3) is 0.176. The van der Waals surface area contributed by atoms with E-state index >= 15 is 0 Å². The van der Waals surface area contributed by atoms with Crippen LogP contribution >= 0.6 is 0 Å². The van der Waals surface area contributed by atoms with E-state index in [1.165, 1.54) is 24.4 Å². The Hall–Kier alpha value is -3.29.